The summed E-state index contributed by atoms with van der Waals surface area (Å²) in [4.78, 5) is 10.2. The Morgan fingerprint density at radius 1 is 1.62 bits per heavy atom. The van der Waals surface area contributed by atoms with Crippen molar-refractivity contribution in [2.75, 3.05) is 13.2 Å². The fourth-order valence-corrected chi connectivity index (χ4v) is 2.11. The second-order valence-corrected chi connectivity index (χ2v) is 4.41. The zero-order valence-corrected chi connectivity index (χ0v) is 10.2. The quantitative estimate of drug-likeness (QED) is 0.500. The molecule has 16 heavy (non-hydrogen) atoms. The first-order chi connectivity index (χ1) is 7.61. The van der Waals surface area contributed by atoms with E-state index in [1.807, 2.05) is 22.6 Å². The third-order valence-corrected chi connectivity index (χ3v) is 2.92. The molecule has 0 amide bonds. The van der Waals surface area contributed by atoms with Gasteiger partial charge in [0.2, 0.25) is 0 Å². The lowest BCUT2D eigenvalue weighted by atomic mass is 10.2. The van der Waals surface area contributed by atoms with Crippen LogP contribution in [0.25, 0.3) is 0 Å². The molecule has 1 aliphatic heterocycles. The van der Waals surface area contributed by atoms with Crippen molar-refractivity contribution in [3.8, 4) is 11.5 Å². The van der Waals surface area contributed by atoms with E-state index >= 15 is 0 Å². The standard InChI is InChI=1S/C9H8INO5/c10-7-1-5(11(13)14)2-8-9(7)15-4-6(3-12)16-8/h1-2,6,12H,3-4H2. The maximum absolute atomic E-state index is 10.6. The minimum Gasteiger partial charge on any atom is -0.485 e. The Morgan fingerprint density at radius 2 is 2.38 bits per heavy atom. The van der Waals surface area contributed by atoms with E-state index in [4.69, 9.17) is 14.6 Å². The Morgan fingerprint density at radius 3 is 3.00 bits per heavy atom. The number of nitro groups is 1. The van der Waals surface area contributed by atoms with Gasteiger partial charge in [0.1, 0.15) is 6.61 Å². The molecule has 6 nitrogen and oxygen atoms in total. The highest BCUT2D eigenvalue weighted by atomic mass is 127. The zero-order valence-electron chi connectivity index (χ0n) is 8.05. The second kappa shape index (κ2) is 4.42. The van der Waals surface area contributed by atoms with Crippen molar-refractivity contribution in [3.05, 3.63) is 25.8 Å². The molecular formula is C9H8INO5. The topological polar surface area (TPSA) is 81.8 Å². The van der Waals surface area contributed by atoms with Gasteiger partial charge in [0.25, 0.3) is 5.69 Å². The Hall–Kier alpha value is -1.09. The number of ether oxygens (including phenoxy) is 2. The van der Waals surface area contributed by atoms with Crippen LogP contribution in [0.15, 0.2) is 12.1 Å². The molecule has 1 aliphatic rings. The summed E-state index contributed by atoms with van der Waals surface area (Å²) in [7, 11) is 0. The van der Waals surface area contributed by atoms with Gasteiger partial charge in [0, 0.05) is 6.07 Å². The number of nitro benzene ring substituents is 1. The van der Waals surface area contributed by atoms with Crippen molar-refractivity contribution in [2.24, 2.45) is 0 Å². The van der Waals surface area contributed by atoms with Crippen LogP contribution in [-0.2, 0) is 0 Å². The molecule has 0 saturated heterocycles. The number of non-ortho nitro benzene ring substituents is 1. The maximum Gasteiger partial charge on any atom is 0.274 e. The molecule has 1 aromatic rings. The van der Waals surface area contributed by atoms with Crippen molar-refractivity contribution in [1.82, 2.24) is 0 Å². The lowest BCUT2D eigenvalue weighted by Crippen LogP contribution is -2.32. The molecule has 1 aromatic carbocycles. The lowest BCUT2D eigenvalue weighted by Gasteiger charge is -2.25. The molecule has 2 rings (SSSR count). The fourth-order valence-electron chi connectivity index (χ4n) is 1.37. The number of hydrogen-bond donors (Lipinski definition) is 1. The van der Waals surface area contributed by atoms with E-state index in [1.165, 1.54) is 12.1 Å². The predicted octanol–water partition coefficient (Wildman–Crippen LogP) is 1.33. The molecule has 0 spiro atoms. The Kier molecular flexibility index (Phi) is 3.15. The molecular weight excluding hydrogens is 329 g/mol. The average molecular weight is 337 g/mol. The van der Waals surface area contributed by atoms with E-state index in [0.29, 0.717) is 15.1 Å². The number of fused-ring (bicyclic) bond motifs is 1. The second-order valence-electron chi connectivity index (χ2n) is 3.25. The number of halogens is 1. The van der Waals surface area contributed by atoms with E-state index in [1.54, 1.807) is 0 Å². The third kappa shape index (κ3) is 2.05. The Labute approximate surface area is 104 Å². The summed E-state index contributed by atoms with van der Waals surface area (Å²) in [5.74, 6) is 0.805. The van der Waals surface area contributed by atoms with Gasteiger partial charge >= 0.3 is 0 Å². The summed E-state index contributed by atoms with van der Waals surface area (Å²) in [6.07, 6.45) is -0.467. The molecule has 0 aromatic heterocycles. The van der Waals surface area contributed by atoms with Gasteiger partial charge < -0.3 is 14.6 Å². The van der Waals surface area contributed by atoms with Crippen LogP contribution in [0.3, 0.4) is 0 Å². The van der Waals surface area contributed by atoms with Crippen LogP contribution in [0.5, 0.6) is 11.5 Å². The van der Waals surface area contributed by atoms with Crippen LogP contribution in [0.4, 0.5) is 5.69 Å². The van der Waals surface area contributed by atoms with Gasteiger partial charge in [-0.1, -0.05) is 0 Å². The molecule has 0 aliphatic carbocycles. The van der Waals surface area contributed by atoms with E-state index in [9.17, 15) is 10.1 Å². The molecule has 1 unspecified atom stereocenters. The van der Waals surface area contributed by atoms with Gasteiger partial charge in [-0.15, -0.1) is 0 Å². The lowest BCUT2D eigenvalue weighted by molar-refractivity contribution is -0.385. The first kappa shape index (κ1) is 11.4. The monoisotopic (exact) mass is 337 g/mol. The van der Waals surface area contributed by atoms with Crippen LogP contribution in [0, 0.1) is 13.7 Å². The largest absolute Gasteiger partial charge is 0.485 e. The molecule has 0 fully saturated rings. The van der Waals surface area contributed by atoms with E-state index in [2.05, 4.69) is 0 Å². The van der Waals surface area contributed by atoms with Crippen LogP contribution >= 0.6 is 22.6 Å². The van der Waals surface area contributed by atoms with Crippen LogP contribution in [0.1, 0.15) is 0 Å². The first-order valence-electron chi connectivity index (χ1n) is 4.50. The smallest absolute Gasteiger partial charge is 0.274 e. The predicted molar refractivity (Wildman–Crippen MR) is 62.8 cm³/mol. The molecule has 1 heterocycles. The fraction of sp³-hybridized carbons (Fsp3) is 0.333. The Balaban J connectivity index is 2.41. The molecule has 0 saturated carbocycles. The van der Waals surface area contributed by atoms with Gasteiger partial charge in [0.05, 0.1) is 21.2 Å². The van der Waals surface area contributed by atoms with E-state index in [-0.39, 0.29) is 18.9 Å². The van der Waals surface area contributed by atoms with E-state index in [0.717, 1.165) is 0 Å². The van der Waals surface area contributed by atoms with Crippen molar-refractivity contribution in [1.29, 1.82) is 0 Å². The normalized spacial score (nSPS) is 18.2. The number of hydrogen-bond acceptors (Lipinski definition) is 5. The molecule has 0 bridgehead atoms. The summed E-state index contributed by atoms with van der Waals surface area (Å²) in [6.45, 7) is 0.0655. The highest BCUT2D eigenvalue weighted by Gasteiger charge is 2.25. The Bertz CT molecular complexity index is 436. The SMILES string of the molecule is O=[N+]([O-])c1cc(I)c2c(c1)OC(CO)CO2. The zero-order chi connectivity index (χ0) is 11.7. The van der Waals surface area contributed by atoms with Crippen molar-refractivity contribution >= 4 is 28.3 Å². The number of rotatable bonds is 2. The summed E-state index contributed by atoms with van der Waals surface area (Å²) < 4.78 is 11.4. The molecule has 0 radical (unpaired) electrons. The van der Waals surface area contributed by atoms with Crippen molar-refractivity contribution in [3.63, 3.8) is 0 Å². The summed E-state index contributed by atoms with van der Waals surface area (Å²) in [5.41, 5.74) is -0.0506. The third-order valence-electron chi connectivity index (χ3n) is 2.12. The summed E-state index contributed by atoms with van der Waals surface area (Å²) >= 11 is 1.95. The number of aliphatic hydroxyl groups excluding tert-OH is 1. The summed E-state index contributed by atoms with van der Waals surface area (Å²) in [5, 5.41) is 19.6. The van der Waals surface area contributed by atoms with E-state index < -0.39 is 11.0 Å². The minimum absolute atomic E-state index is 0.0506. The van der Waals surface area contributed by atoms with Gasteiger partial charge in [-0.05, 0) is 22.6 Å². The van der Waals surface area contributed by atoms with Crippen LogP contribution in [0.2, 0.25) is 0 Å². The maximum atomic E-state index is 10.6. The van der Waals surface area contributed by atoms with Gasteiger partial charge in [-0.25, -0.2) is 0 Å². The number of aliphatic hydroxyl groups is 1. The van der Waals surface area contributed by atoms with Gasteiger partial charge in [-0.2, -0.15) is 0 Å². The first-order valence-corrected chi connectivity index (χ1v) is 5.58. The molecule has 7 heteroatoms. The molecule has 86 valence electrons. The highest BCUT2D eigenvalue weighted by molar-refractivity contribution is 14.1. The minimum atomic E-state index is -0.492. The van der Waals surface area contributed by atoms with Crippen LogP contribution < -0.4 is 9.47 Å². The van der Waals surface area contributed by atoms with Crippen LogP contribution in [-0.4, -0.2) is 29.3 Å². The number of nitrogens with zero attached hydrogens (tertiary/aromatic N) is 1. The molecule has 1 N–H and O–H groups in total. The molecule has 1 atom stereocenters. The van der Waals surface area contributed by atoms with Crippen molar-refractivity contribution < 1.29 is 19.5 Å². The number of benzene rings is 1. The van der Waals surface area contributed by atoms with Gasteiger partial charge in [0.15, 0.2) is 17.6 Å². The average Bonchev–Trinajstić information content (AvgIpc) is 2.28. The summed E-state index contributed by atoms with van der Waals surface area (Å²) in [6, 6.07) is 2.72. The van der Waals surface area contributed by atoms with Crippen molar-refractivity contribution in [2.45, 2.75) is 6.10 Å². The highest BCUT2D eigenvalue weighted by Crippen LogP contribution is 2.39. The van der Waals surface area contributed by atoms with Gasteiger partial charge in [-0.3, -0.25) is 10.1 Å².